The predicted molar refractivity (Wildman–Crippen MR) is 109 cm³/mol. The van der Waals surface area contributed by atoms with Crippen LogP contribution < -0.4 is 11.1 Å². The first kappa shape index (κ1) is 17.6. The summed E-state index contributed by atoms with van der Waals surface area (Å²) in [7, 11) is 0. The summed E-state index contributed by atoms with van der Waals surface area (Å²) in [5, 5.41) is 5.60. The topological polar surface area (TPSA) is 83.2 Å². The molecule has 2 aromatic carbocycles. The quantitative estimate of drug-likeness (QED) is 0.720. The lowest BCUT2D eigenvalue weighted by Crippen LogP contribution is -2.45. The van der Waals surface area contributed by atoms with E-state index in [2.05, 4.69) is 55.2 Å². The molecule has 140 valence electrons. The molecular weight excluding hydrogens is 338 g/mol. The van der Waals surface area contributed by atoms with Crippen molar-refractivity contribution in [3.8, 4) is 0 Å². The second kappa shape index (κ2) is 7.85. The van der Waals surface area contributed by atoms with Gasteiger partial charge in [-0.25, -0.2) is 0 Å². The molecule has 0 radical (unpaired) electrons. The standard InChI is InChI=1S/C20H25N7/c1-2-26-10-12-27(13-11-26)14-18-23-19(21)25-20(24-18)22-17-9-5-7-15-6-3-4-8-16(15)17/h3-9H,2,10-14H2,1H3,(H3,21,22,23,24,25). The number of nitrogens with one attached hydrogen (secondary N) is 1. The number of hydrogen-bond acceptors (Lipinski definition) is 7. The van der Waals surface area contributed by atoms with E-state index in [9.17, 15) is 0 Å². The van der Waals surface area contributed by atoms with Crippen molar-refractivity contribution in [3.05, 3.63) is 48.3 Å². The minimum absolute atomic E-state index is 0.245. The van der Waals surface area contributed by atoms with E-state index in [0.29, 0.717) is 18.3 Å². The van der Waals surface area contributed by atoms with Crippen molar-refractivity contribution in [2.75, 3.05) is 43.8 Å². The zero-order valence-electron chi connectivity index (χ0n) is 15.6. The van der Waals surface area contributed by atoms with E-state index in [1.807, 2.05) is 24.3 Å². The van der Waals surface area contributed by atoms with Crippen LogP contribution in [0.2, 0.25) is 0 Å². The molecule has 3 aromatic rings. The number of nitrogen functional groups attached to an aromatic ring is 1. The molecule has 0 saturated carbocycles. The molecule has 27 heavy (non-hydrogen) atoms. The van der Waals surface area contributed by atoms with Crippen LogP contribution in [0.1, 0.15) is 12.7 Å². The molecule has 7 heteroatoms. The molecule has 1 fully saturated rings. The minimum atomic E-state index is 0.245. The number of nitrogens with zero attached hydrogens (tertiary/aromatic N) is 5. The van der Waals surface area contributed by atoms with Crippen LogP contribution in [0.4, 0.5) is 17.6 Å². The Labute approximate surface area is 159 Å². The number of piperazine rings is 1. The smallest absolute Gasteiger partial charge is 0.232 e. The molecule has 3 N–H and O–H groups in total. The third-order valence-electron chi connectivity index (χ3n) is 5.01. The fourth-order valence-electron chi connectivity index (χ4n) is 3.48. The second-order valence-electron chi connectivity index (χ2n) is 6.80. The highest BCUT2D eigenvalue weighted by Gasteiger charge is 2.17. The molecule has 0 aliphatic carbocycles. The van der Waals surface area contributed by atoms with Gasteiger partial charge in [0.1, 0.15) is 5.82 Å². The fraction of sp³-hybridized carbons (Fsp3) is 0.350. The normalized spacial score (nSPS) is 15.9. The molecule has 0 spiro atoms. The molecular formula is C20H25N7. The van der Waals surface area contributed by atoms with Gasteiger partial charge in [0, 0.05) is 37.3 Å². The molecule has 0 bridgehead atoms. The van der Waals surface area contributed by atoms with Gasteiger partial charge in [0.25, 0.3) is 0 Å². The third kappa shape index (κ3) is 4.15. The lowest BCUT2D eigenvalue weighted by atomic mass is 10.1. The Morgan fingerprint density at radius 2 is 1.67 bits per heavy atom. The lowest BCUT2D eigenvalue weighted by Gasteiger charge is -2.33. The van der Waals surface area contributed by atoms with Crippen LogP contribution in [0, 0.1) is 0 Å². The van der Waals surface area contributed by atoms with Gasteiger partial charge in [0.05, 0.1) is 6.54 Å². The van der Waals surface area contributed by atoms with Crippen molar-refractivity contribution in [2.45, 2.75) is 13.5 Å². The monoisotopic (exact) mass is 363 g/mol. The number of aromatic nitrogens is 3. The van der Waals surface area contributed by atoms with Crippen molar-refractivity contribution in [3.63, 3.8) is 0 Å². The van der Waals surface area contributed by atoms with Gasteiger partial charge >= 0.3 is 0 Å². The van der Waals surface area contributed by atoms with Crippen LogP contribution in [0.3, 0.4) is 0 Å². The Morgan fingerprint density at radius 3 is 2.48 bits per heavy atom. The van der Waals surface area contributed by atoms with Gasteiger partial charge in [0.15, 0.2) is 0 Å². The number of benzene rings is 2. The highest BCUT2D eigenvalue weighted by molar-refractivity contribution is 5.94. The van der Waals surface area contributed by atoms with E-state index in [1.54, 1.807) is 0 Å². The van der Waals surface area contributed by atoms with Gasteiger partial charge in [-0.1, -0.05) is 43.3 Å². The molecule has 1 aliphatic heterocycles. The Morgan fingerprint density at radius 1 is 0.926 bits per heavy atom. The van der Waals surface area contributed by atoms with Crippen LogP contribution in [0.25, 0.3) is 10.8 Å². The van der Waals surface area contributed by atoms with Crippen LogP contribution in [0.5, 0.6) is 0 Å². The van der Waals surface area contributed by atoms with Gasteiger partial charge < -0.3 is 16.0 Å². The molecule has 1 aliphatic rings. The maximum Gasteiger partial charge on any atom is 0.232 e. The largest absolute Gasteiger partial charge is 0.368 e. The fourth-order valence-corrected chi connectivity index (χ4v) is 3.48. The van der Waals surface area contributed by atoms with Gasteiger partial charge in [0.2, 0.25) is 11.9 Å². The van der Waals surface area contributed by atoms with E-state index in [4.69, 9.17) is 5.73 Å². The van der Waals surface area contributed by atoms with Crippen LogP contribution in [-0.2, 0) is 6.54 Å². The molecule has 4 rings (SSSR count). The van der Waals surface area contributed by atoms with E-state index in [1.165, 1.54) is 5.39 Å². The Bertz CT molecular complexity index is 914. The number of likely N-dealkylation sites (N-methyl/N-ethyl adjacent to an activating group) is 1. The second-order valence-corrected chi connectivity index (χ2v) is 6.80. The van der Waals surface area contributed by atoms with Crippen LogP contribution in [-0.4, -0.2) is 57.5 Å². The first-order valence-corrected chi connectivity index (χ1v) is 9.41. The molecule has 1 saturated heterocycles. The minimum Gasteiger partial charge on any atom is -0.368 e. The van der Waals surface area contributed by atoms with E-state index in [-0.39, 0.29) is 5.95 Å². The summed E-state index contributed by atoms with van der Waals surface area (Å²) in [6.45, 7) is 8.20. The first-order valence-electron chi connectivity index (χ1n) is 9.41. The Balaban J connectivity index is 1.52. The summed E-state index contributed by atoms with van der Waals surface area (Å²) in [6.07, 6.45) is 0. The summed E-state index contributed by atoms with van der Waals surface area (Å²) in [5.74, 6) is 1.44. The third-order valence-corrected chi connectivity index (χ3v) is 5.01. The Hall–Kier alpha value is -2.77. The number of rotatable bonds is 5. The van der Waals surface area contributed by atoms with E-state index < -0.39 is 0 Å². The number of fused-ring (bicyclic) bond motifs is 1. The van der Waals surface area contributed by atoms with E-state index >= 15 is 0 Å². The summed E-state index contributed by atoms with van der Waals surface area (Å²) < 4.78 is 0. The van der Waals surface area contributed by atoms with Crippen molar-refractivity contribution in [1.29, 1.82) is 0 Å². The maximum atomic E-state index is 5.95. The molecule has 0 atom stereocenters. The molecule has 1 aromatic heterocycles. The van der Waals surface area contributed by atoms with Crippen molar-refractivity contribution >= 4 is 28.4 Å². The van der Waals surface area contributed by atoms with E-state index in [0.717, 1.165) is 43.8 Å². The first-order chi connectivity index (χ1) is 13.2. The zero-order chi connectivity index (χ0) is 18.6. The van der Waals surface area contributed by atoms with Gasteiger partial charge in [-0.05, 0) is 18.0 Å². The summed E-state index contributed by atoms with van der Waals surface area (Å²) in [4.78, 5) is 18.0. The average Bonchev–Trinajstić information content (AvgIpc) is 2.68. The number of hydrogen-bond donors (Lipinski definition) is 2. The van der Waals surface area contributed by atoms with Gasteiger partial charge in [-0.2, -0.15) is 15.0 Å². The summed E-state index contributed by atoms with van der Waals surface area (Å²) in [6, 6.07) is 14.3. The van der Waals surface area contributed by atoms with Crippen LogP contribution >= 0.6 is 0 Å². The molecule has 2 heterocycles. The highest BCUT2D eigenvalue weighted by atomic mass is 15.3. The Kier molecular flexibility index (Phi) is 5.13. The molecule has 7 nitrogen and oxygen atoms in total. The summed E-state index contributed by atoms with van der Waals surface area (Å²) in [5.41, 5.74) is 6.90. The highest BCUT2D eigenvalue weighted by Crippen LogP contribution is 2.25. The van der Waals surface area contributed by atoms with Gasteiger partial charge in [-0.3, -0.25) is 4.90 Å². The zero-order valence-corrected chi connectivity index (χ0v) is 15.6. The van der Waals surface area contributed by atoms with Crippen molar-refractivity contribution in [1.82, 2.24) is 24.8 Å². The SMILES string of the molecule is CCN1CCN(Cc2nc(N)nc(Nc3cccc4ccccc34)n2)CC1. The lowest BCUT2D eigenvalue weighted by molar-refractivity contribution is 0.129. The number of anilines is 3. The maximum absolute atomic E-state index is 5.95. The summed E-state index contributed by atoms with van der Waals surface area (Å²) >= 11 is 0. The predicted octanol–water partition coefficient (Wildman–Crippen LogP) is 2.49. The van der Waals surface area contributed by atoms with Crippen molar-refractivity contribution < 1.29 is 0 Å². The molecule has 0 unspecified atom stereocenters. The average molecular weight is 363 g/mol. The molecule has 0 amide bonds. The van der Waals surface area contributed by atoms with Crippen LogP contribution in [0.15, 0.2) is 42.5 Å². The number of nitrogens with two attached hydrogens (primary N) is 1. The van der Waals surface area contributed by atoms with Crippen molar-refractivity contribution in [2.24, 2.45) is 0 Å². The van der Waals surface area contributed by atoms with Gasteiger partial charge in [-0.15, -0.1) is 0 Å².